The molecule has 2 aromatic heterocycles. The van der Waals surface area contributed by atoms with Crippen LogP contribution < -0.4 is 36.0 Å². The Balaban J connectivity index is 0.988. The van der Waals surface area contributed by atoms with E-state index in [1.807, 2.05) is 6.07 Å². The van der Waals surface area contributed by atoms with Gasteiger partial charge in [0.25, 0.3) is 6.71 Å². The lowest BCUT2D eigenvalue weighted by molar-refractivity contribution is 0.590. The molecule has 7 heteroatoms. The van der Waals surface area contributed by atoms with Gasteiger partial charge in [0.2, 0.25) is 0 Å². The van der Waals surface area contributed by atoms with Gasteiger partial charge in [0.1, 0.15) is 22.3 Å². The number of nitrogens with zero attached hydrogens (tertiary/aromatic N) is 4. The highest BCUT2D eigenvalue weighted by Crippen LogP contribution is 2.51. The van der Waals surface area contributed by atoms with E-state index in [1.165, 1.54) is 49.1 Å². The summed E-state index contributed by atoms with van der Waals surface area (Å²) in [5.74, 6) is 0. The summed E-state index contributed by atoms with van der Waals surface area (Å²) in [6.45, 7) is 13.5. The standard InChI is InChI=1S/C82H63BN4O2/c1-81(2,3)56-30-36-59(37-31-56)86-72-47-64(85(62-35-29-53-19-11-13-21-55(53)45-62)63-41-43-78-68(46-63)66-24-14-16-26-76(66)88-78)40-42-70(72)83-71-50-69-67-25-15-17-27-77(67)89-79(69)51-73(71)87(60-38-32-57(33-39-60)82(4,5)6)75-49-65(48-74(86)80(75)83)84(58-22-8-7-9-23-58)61-34-28-52-18-10-12-20-54(52)44-61/h7-51H,1-6H3. The first kappa shape index (κ1) is 52.6. The van der Waals surface area contributed by atoms with Crippen molar-refractivity contribution >= 4 is 157 Å². The zero-order valence-electron chi connectivity index (χ0n) is 50.7. The lowest BCUT2D eigenvalue weighted by atomic mass is 9.33. The molecule has 0 saturated heterocycles. The Morgan fingerprint density at radius 3 is 1.29 bits per heavy atom. The van der Waals surface area contributed by atoms with Crippen molar-refractivity contribution in [2.24, 2.45) is 0 Å². The monoisotopic (exact) mass is 1150 g/mol. The molecule has 2 aliphatic rings. The van der Waals surface area contributed by atoms with E-state index in [0.717, 1.165) is 112 Å². The molecule has 0 bridgehead atoms. The van der Waals surface area contributed by atoms with Crippen molar-refractivity contribution in [3.8, 4) is 0 Å². The highest BCUT2D eigenvalue weighted by molar-refractivity contribution is 7.00. The molecule has 0 atom stereocenters. The Labute approximate surface area is 518 Å². The van der Waals surface area contributed by atoms with E-state index < -0.39 is 0 Å². The van der Waals surface area contributed by atoms with Crippen LogP contribution >= 0.6 is 0 Å². The largest absolute Gasteiger partial charge is 0.456 e. The summed E-state index contributed by atoms with van der Waals surface area (Å²) in [7, 11) is 0. The smallest absolute Gasteiger partial charge is 0.252 e. The van der Waals surface area contributed by atoms with Crippen molar-refractivity contribution in [3.63, 3.8) is 0 Å². The molecular formula is C82H63BN4O2. The molecular weight excluding hydrogens is 1080 g/mol. The van der Waals surface area contributed by atoms with E-state index in [0.29, 0.717) is 0 Å². The first-order valence-electron chi connectivity index (χ1n) is 31.0. The summed E-state index contributed by atoms with van der Waals surface area (Å²) in [6, 6.07) is 101. The molecule has 0 aliphatic carbocycles. The number of benzene rings is 13. The highest BCUT2D eigenvalue weighted by atomic mass is 16.3. The summed E-state index contributed by atoms with van der Waals surface area (Å²) in [6.07, 6.45) is 0. The van der Waals surface area contributed by atoms with Gasteiger partial charge < -0.3 is 28.4 Å². The van der Waals surface area contributed by atoms with E-state index in [4.69, 9.17) is 8.83 Å². The molecule has 0 spiro atoms. The highest BCUT2D eigenvalue weighted by Gasteiger charge is 2.45. The molecule has 0 saturated carbocycles. The zero-order chi connectivity index (χ0) is 59.9. The topological polar surface area (TPSA) is 39.2 Å². The number of fused-ring (bicyclic) bond motifs is 12. The molecule has 0 N–H and O–H groups in total. The molecule has 2 aliphatic heterocycles. The van der Waals surface area contributed by atoms with Gasteiger partial charge in [-0.05, 0) is 175 Å². The second-order valence-corrected chi connectivity index (χ2v) is 26.2. The molecule has 4 heterocycles. The van der Waals surface area contributed by atoms with E-state index in [2.05, 4.69) is 328 Å². The SMILES string of the molecule is CC(C)(C)c1ccc(N2c3cc(N(c4ccc5ccccc5c4)c4ccc5oc6ccccc6c5c4)ccc3B3c4cc5c(cc4N(c4ccc(C(C)(C)C)cc4)c4cc(N(c6ccccc6)c6ccc7ccccc7c6)cc2c43)oc2ccccc25)cc1. The van der Waals surface area contributed by atoms with Crippen LogP contribution in [0, 0.1) is 0 Å². The van der Waals surface area contributed by atoms with Gasteiger partial charge >= 0.3 is 0 Å². The van der Waals surface area contributed by atoms with Crippen LogP contribution in [-0.4, -0.2) is 6.71 Å². The van der Waals surface area contributed by atoms with Gasteiger partial charge in [0.05, 0.1) is 5.69 Å². The van der Waals surface area contributed by atoms with Gasteiger partial charge in [0, 0.05) is 90.2 Å². The predicted octanol–water partition coefficient (Wildman–Crippen LogP) is 21.4. The Morgan fingerprint density at radius 2 is 0.719 bits per heavy atom. The minimum Gasteiger partial charge on any atom is -0.456 e. The molecule has 15 aromatic rings. The van der Waals surface area contributed by atoms with Crippen LogP contribution in [-0.2, 0) is 10.8 Å². The van der Waals surface area contributed by atoms with Crippen LogP contribution in [0.3, 0.4) is 0 Å². The average molecular weight is 1150 g/mol. The van der Waals surface area contributed by atoms with Gasteiger partial charge in [-0.2, -0.15) is 0 Å². The third-order valence-corrected chi connectivity index (χ3v) is 18.7. The molecule has 0 fully saturated rings. The third-order valence-electron chi connectivity index (χ3n) is 18.7. The second kappa shape index (κ2) is 19.9. The molecule has 426 valence electrons. The predicted molar refractivity (Wildman–Crippen MR) is 377 cm³/mol. The van der Waals surface area contributed by atoms with E-state index >= 15 is 0 Å². The summed E-state index contributed by atoms with van der Waals surface area (Å²) in [5, 5.41) is 9.08. The summed E-state index contributed by atoms with van der Waals surface area (Å²) < 4.78 is 13.4. The Kier molecular flexibility index (Phi) is 11.7. The maximum atomic E-state index is 6.90. The summed E-state index contributed by atoms with van der Waals surface area (Å²) in [5.41, 5.74) is 22.3. The van der Waals surface area contributed by atoms with Crippen molar-refractivity contribution in [2.75, 3.05) is 19.6 Å². The first-order valence-corrected chi connectivity index (χ1v) is 31.0. The van der Waals surface area contributed by atoms with Crippen LogP contribution in [0.5, 0.6) is 0 Å². The van der Waals surface area contributed by atoms with Crippen LogP contribution in [0.4, 0.5) is 68.2 Å². The Bertz CT molecular complexity index is 5320. The van der Waals surface area contributed by atoms with Gasteiger partial charge in [-0.1, -0.05) is 193 Å². The number of anilines is 12. The minimum absolute atomic E-state index is 0.0468. The maximum Gasteiger partial charge on any atom is 0.252 e. The van der Waals surface area contributed by atoms with Gasteiger partial charge in [-0.15, -0.1) is 0 Å². The molecule has 17 rings (SSSR count). The summed E-state index contributed by atoms with van der Waals surface area (Å²) in [4.78, 5) is 9.97. The van der Waals surface area contributed by atoms with Crippen LogP contribution in [0.2, 0.25) is 0 Å². The van der Waals surface area contributed by atoms with Crippen molar-refractivity contribution in [3.05, 3.63) is 284 Å². The normalized spacial score (nSPS) is 13.0. The number of furan rings is 2. The zero-order valence-corrected chi connectivity index (χ0v) is 50.7. The molecule has 0 unspecified atom stereocenters. The van der Waals surface area contributed by atoms with E-state index in [1.54, 1.807) is 0 Å². The van der Waals surface area contributed by atoms with Crippen molar-refractivity contribution in [2.45, 2.75) is 52.4 Å². The first-order chi connectivity index (χ1) is 43.4. The fourth-order valence-electron chi connectivity index (χ4n) is 14.2. The minimum atomic E-state index is -0.213. The Morgan fingerprint density at radius 1 is 0.292 bits per heavy atom. The van der Waals surface area contributed by atoms with Crippen molar-refractivity contribution < 1.29 is 8.83 Å². The lowest BCUT2D eigenvalue weighted by Gasteiger charge is -2.45. The van der Waals surface area contributed by atoms with Gasteiger partial charge in [0.15, 0.2) is 0 Å². The lowest BCUT2D eigenvalue weighted by Crippen LogP contribution is -2.61. The van der Waals surface area contributed by atoms with E-state index in [-0.39, 0.29) is 17.5 Å². The quantitative estimate of drug-likeness (QED) is 0.141. The molecule has 6 nitrogen and oxygen atoms in total. The molecule has 0 radical (unpaired) electrons. The van der Waals surface area contributed by atoms with Crippen LogP contribution in [0.1, 0.15) is 52.7 Å². The van der Waals surface area contributed by atoms with Crippen molar-refractivity contribution in [1.82, 2.24) is 0 Å². The number of rotatable bonds is 8. The second-order valence-electron chi connectivity index (χ2n) is 26.2. The molecule has 13 aromatic carbocycles. The van der Waals surface area contributed by atoms with Gasteiger partial charge in [-0.25, -0.2) is 0 Å². The van der Waals surface area contributed by atoms with Crippen LogP contribution in [0.25, 0.3) is 65.4 Å². The third kappa shape index (κ3) is 8.62. The number of para-hydroxylation sites is 3. The maximum absolute atomic E-state index is 6.90. The van der Waals surface area contributed by atoms with Crippen LogP contribution in [0.15, 0.2) is 282 Å². The molecule has 0 amide bonds. The fraction of sp³-hybridized carbons (Fsp3) is 0.0976. The van der Waals surface area contributed by atoms with Gasteiger partial charge in [-0.3, -0.25) is 0 Å². The molecule has 89 heavy (non-hydrogen) atoms. The van der Waals surface area contributed by atoms with E-state index in [9.17, 15) is 0 Å². The number of hydrogen-bond acceptors (Lipinski definition) is 6. The Hall–Kier alpha value is -10.8. The summed E-state index contributed by atoms with van der Waals surface area (Å²) >= 11 is 0. The fourth-order valence-corrected chi connectivity index (χ4v) is 14.2. The van der Waals surface area contributed by atoms with Crippen molar-refractivity contribution in [1.29, 1.82) is 0 Å². The number of hydrogen-bond donors (Lipinski definition) is 0. The average Bonchev–Trinajstić information content (AvgIpc) is 1.61.